The van der Waals surface area contributed by atoms with Gasteiger partial charge in [0.2, 0.25) is 0 Å². The number of carbonyl (C=O) groups excluding carboxylic acids is 1. The third-order valence-corrected chi connectivity index (χ3v) is 3.43. The van der Waals surface area contributed by atoms with Gasteiger partial charge in [-0.2, -0.15) is 5.90 Å². The van der Waals surface area contributed by atoms with Crippen molar-refractivity contribution >= 4 is 15.8 Å². The van der Waals surface area contributed by atoms with Crippen molar-refractivity contribution < 1.29 is 18.0 Å². The molecule has 0 saturated carbocycles. The molecule has 0 unspecified atom stereocenters. The first kappa shape index (κ1) is 11.7. The van der Waals surface area contributed by atoms with Crippen LogP contribution < -0.4 is 5.90 Å². The molecule has 0 fully saturated rings. The van der Waals surface area contributed by atoms with Gasteiger partial charge in [0.1, 0.15) is 0 Å². The molecule has 0 atom stereocenters. The number of rotatable bonds is 3. The lowest BCUT2D eigenvalue weighted by atomic mass is 10.2. The molecule has 0 aliphatic heterocycles. The molecule has 0 heterocycles. The number of carbonyl (C=O) groups is 1. The van der Waals surface area contributed by atoms with Crippen LogP contribution in [0, 0.1) is 6.92 Å². The van der Waals surface area contributed by atoms with Crippen LogP contribution in [0.4, 0.5) is 0 Å². The van der Waals surface area contributed by atoms with Crippen LogP contribution >= 0.6 is 0 Å². The summed E-state index contributed by atoms with van der Waals surface area (Å²) >= 11 is 0. The van der Waals surface area contributed by atoms with Crippen molar-refractivity contribution in [1.82, 2.24) is 0 Å². The van der Waals surface area contributed by atoms with Gasteiger partial charge in [-0.05, 0) is 19.1 Å². The molecule has 0 aliphatic carbocycles. The molecule has 15 heavy (non-hydrogen) atoms. The zero-order valence-electron chi connectivity index (χ0n) is 8.14. The molecule has 0 saturated heterocycles. The fraction of sp³-hybridized carbons (Fsp3) is 0.222. The summed E-state index contributed by atoms with van der Waals surface area (Å²) < 4.78 is 23.1. The van der Waals surface area contributed by atoms with E-state index in [0.29, 0.717) is 0 Å². The third-order valence-electron chi connectivity index (χ3n) is 1.82. The number of hydrogen-bond acceptors (Lipinski definition) is 5. The minimum Gasteiger partial charge on any atom is -0.373 e. The second kappa shape index (κ2) is 4.41. The maximum Gasteiger partial charge on any atom is 0.339 e. The van der Waals surface area contributed by atoms with E-state index in [0.717, 1.165) is 5.56 Å². The van der Waals surface area contributed by atoms with Crippen LogP contribution in [0.25, 0.3) is 0 Å². The van der Waals surface area contributed by atoms with Gasteiger partial charge in [-0.25, -0.2) is 13.2 Å². The molecule has 0 amide bonds. The molecule has 1 rings (SSSR count). The quantitative estimate of drug-likeness (QED) is 0.747. The molecule has 0 spiro atoms. The van der Waals surface area contributed by atoms with Gasteiger partial charge in [0.15, 0.2) is 15.6 Å². The van der Waals surface area contributed by atoms with E-state index in [9.17, 15) is 13.2 Å². The summed E-state index contributed by atoms with van der Waals surface area (Å²) in [6, 6.07) is 6.18. The highest BCUT2D eigenvalue weighted by molar-refractivity contribution is 7.92. The Labute approximate surface area is 87.7 Å². The van der Waals surface area contributed by atoms with Crippen LogP contribution in [0.5, 0.6) is 0 Å². The molecule has 2 N–H and O–H groups in total. The molecule has 1 aromatic rings. The summed E-state index contributed by atoms with van der Waals surface area (Å²) in [6.07, 6.45) is 0. The molecule has 0 bridgehead atoms. The molecule has 0 aliphatic rings. The highest BCUT2D eigenvalue weighted by Gasteiger charge is 2.19. The average molecular weight is 229 g/mol. The van der Waals surface area contributed by atoms with Gasteiger partial charge >= 0.3 is 5.97 Å². The van der Waals surface area contributed by atoms with Crippen LogP contribution in [-0.4, -0.2) is 20.1 Å². The molecule has 0 aromatic heterocycles. The zero-order valence-corrected chi connectivity index (χ0v) is 8.95. The average Bonchev–Trinajstić information content (AvgIpc) is 2.17. The number of hydrogen-bond donors (Lipinski definition) is 1. The maximum atomic E-state index is 11.6. The Bertz CT molecular complexity index is 450. The molecular weight excluding hydrogens is 218 g/mol. The third kappa shape index (κ3) is 3.03. The molecule has 5 nitrogen and oxygen atoms in total. The van der Waals surface area contributed by atoms with Crippen LogP contribution in [0.1, 0.15) is 5.56 Å². The fourth-order valence-electron chi connectivity index (χ4n) is 1.02. The smallest absolute Gasteiger partial charge is 0.339 e. The number of nitrogens with two attached hydrogens (primary N) is 1. The van der Waals surface area contributed by atoms with Crippen molar-refractivity contribution in [2.45, 2.75) is 11.8 Å². The highest BCUT2D eigenvalue weighted by Crippen LogP contribution is 2.11. The first-order chi connectivity index (χ1) is 6.95. The van der Waals surface area contributed by atoms with Crippen molar-refractivity contribution in [2.24, 2.45) is 5.90 Å². The van der Waals surface area contributed by atoms with Crippen LogP contribution in [0.3, 0.4) is 0 Å². The van der Waals surface area contributed by atoms with Crippen LogP contribution in [-0.2, 0) is 19.5 Å². The van der Waals surface area contributed by atoms with Gasteiger partial charge in [0.25, 0.3) is 0 Å². The Balaban J connectivity index is 2.96. The van der Waals surface area contributed by atoms with Crippen molar-refractivity contribution in [3.63, 3.8) is 0 Å². The molecule has 1 aromatic carbocycles. The topological polar surface area (TPSA) is 86.5 Å². The summed E-state index contributed by atoms with van der Waals surface area (Å²) in [5.74, 6) is 2.85. The SMILES string of the molecule is Cc1ccc(S(=O)(=O)CC(=O)ON)cc1. The summed E-state index contributed by atoms with van der Waals surface area (Å²) in [4.78, 5) is 14.6. The van der Waals surface area contributed by atoms with Gasteiger partial charge in [0, 0.05) is 0 Å². The van der Waals surface area contributed by atoms with E-state index in [-0.39, 0.29) is 4.90 Å². The monoisotopic (exact) mass is 229 g/mol. The first-order valence-corrected chi connectivity index (χ1v) is 5.80. The zero-order chi connectivity index (χ0) is 11.5. The standard InChI is InChI=1S/C9H11NO4S/c1-7-2-4-8(5-3-7)15(12,13)6-9(11)14-10/h2-5H,6,10H2,1H3. The van der Waals surface area contributed by atoms with Gasteiger partial charge < -0.3 is 4.84 Å². The maximum absolute atomic E-state index is 11.6. The Kier molecular flexibility index (Phi) is 3.43. The van der Waals surface area contributed by atoms with E-state index in [1.165, 1.54) is 12.1 Å². The minimum absolute atomic E-state index is 0.0819. The number of benzene rings is 1. The van der Waals surface area contributed by atoms with Gasteiger partial charge in [-0.1, -0.05) is 17.7 Å². The lowest BCUT2D eigenvalue weighted by Gasteiger charge is -2.02. The molecule has 0 radical (unpaired) electrons. The van der Waals surface area contributed by atoms with E-state index in [1.54, 1.807) is 12.1 Å². The predicted molar refractivity (Wildman–Crippen MR) is 53.5 cm³/mol. The van der Waals surface area contributed by atoms with E-state index < -0.39 is 21.6 Å². The van der Waals surface area contributed by atoms with E-state index in [4.69, 9.17) is 0 Å². The van der Waals surface area contributed by atoms with Gasteiger partial charge in [-0.3, -0.25) is 0 Å². The van der Waals surface area contributed by atoms with E-state index >= 15 is 0 Å². The molecule has 82 valence electrons. The Morgan fingerprint density at radius 1 is 1.33 bits per heavy atom. The lowest BCUT2D eigenvalue weighted by Crippen LogP contribution is -2.21. The summed E-state index contributed by atoms with van der Waals surface area (Å²) in [5, 5.41) is 0. The van der Waals surface area contributed by atoms with Crippen molar-refractivity contribution in [1.29, 1.82) is 0 Å². The second-order valence-electron chi connectivity index (χ2n) is 3.06. The lowest BCUT2D eigenvalue weighted by molar-refractivity contribution is -0.141. The van der Waals surface area contributed by atoms with Gasteiger partial charge in [-0.15, -0.1) is 0 Å². The Hall–Kier alpha value is -1.40. The highest BCUT2D eigenvalue weighted by atomic mass is 32.2. The summed E-state index contributed by atoms with van der Waals surface area (Å²) in [6.45, 7) is 1.84. The number of aryl methyl sites for hydroxylation is 1. The summed E-state index contributed by atoms with van der Waals surface area (Å²) in [5.41, 5.74) is 0.940. The predicted octanol–water partition coefficient (Wildman–Crippen LogP) is 0.186. The summed E-state index contributed by atoms with van der Waals surface area (Å²) in [7, 11) is -3.64. The normalized spacial score (nSPS) is 11.1. The first-order valence-electron chi connectivity index (χ1n) is 4.15. The van der Waals surface area contributed by atoms with Crippen LogP contribution in [0.2, 0.25) is 0 Å². The van der Waals surface area contributed by atoms with Crippen molar-refractivity contribution in [2.75, 3.05) is 5.75 Å². The molecular formula is C9H11NO4S. The van der Waals surface area contributed by atoms with Crippen molar-refractivity contribution in [3.8, 4) is 0 Å². The Morgan fingerprint density at radius 3 is 2.33 bits per heavy atom. The fourth-order valence-corrected chi connectivity index (χ4v) is 2.11. The largest absolute Gasteiger partial charge is 0.373 e. The minimum atomic E-state index is -3.64. The molecule has 6 heteroatoms. The van der Waals surface area contributed by atoms with E-state index in [2.05, 4.69) is 10.7 Å². The second-order valence-corrected chi connectivity index (χ2v) is 5.05. The van der Waals surface area contributed by atoms with Gasteiger partial charge in [0.05, 0.1) is 4.90 Å². The van der Waals surface area contributed by atoms with Crippen molar-refractivity contribution in [3.05, 3.63) is 29.8 Å². The van der Waals surface area contributed by atoms with E-state index in [1.807, 2.05) is 6.92 Å². The Morgan fingerprint density at radius 2 is 1.87 bits per heavy atom. The number of sulfone groups is 1. The van der Waals surface area contributed by atoms with Crippen LogP contribution in [0.15, 0.2) is 29.2 Å².